The van der Waals surface area contributed by atoms with Crippen LogP contribution in [-0.2, 0) is 4.79 Å². The average Bonchev–Trinajstić information content (AvgIpc) is 2.86. The summed E-state index contributed by atoms with van der Waals surface area (Å²) in [5.41, 5.74) is 2.77. The first-order valence-electron chi connectivity index (χ1n) is 6.12. The molecule has 5 heteroatoms. The highest BCUT2D eigenvalue weighted by molar-refractivity contribution is 9.10. The molecular formula is C14H12BrN3O. The number of carbonyl (C=O) groups is 1. The molecule has 0 bridgehead atoms. The van der Waals surface area contributed by atoms with Crippen molar-refractivity contribution < 1.29 is 4.79 Å². The molecule has 0 radical (unpaired) electrons. The zero-order chi connectivity index (χ0) is 13.2. The third-order valence-corrected chi connectivity index (χ3v) is 3.58. The maximum atomic E-state index is 11.7. The van der Waals surface area contributed by atoms with E-state index in [0.29, 0.717) is 6.42 Å². The number of hydrogen-bond donors (Lipinski definition) is 0. The molecule has 0 atom stereocenters. The fraction of sp³-hybridized carbons (Fsp3) is 0.214. The van der Waals surface area contributed by atoms with E-state index in [0.717, 1.165) is 34.5 Å². The van der Waals surface area contributed by atoms with Gasteiger partial charge >= 0.3 is 0 Å². The fourth-order valence-electron chi connectivity index (χ4n) is 2.19. The largest absolute Gasteiger partial charge is 0.312 e. The van der Waals surface area contributed by atoms with Gasteiger partial charge in [0.2, 0.25) is 5.91 Å². The lowest BCUT2D eigenvalue weighted by Crippen LogP contribution is -2.23. The van der Waals surface area contributed by atoms with E-state index in [2.05, 4.69) is 25.9 Å². The Balaban J connectivity index is 1.86. The van der Waals surface area contributed by atoms with Crippen molar-refractivity contribution in [2.45, 2.75) is 12.8 Å². The molecule has 0 N–H and O–H groups in total. The smallest absolute Gasteiger partial charge is 0.227 e. The van der Waals surface area contributed by atoms with Gasteiger partial charge in [0.15, 0.2) is 0 Å². The SMILES string of the molecule is O=C1CCCN1c1ccc(-c2cnc(Br)cn2)cc1. The van der Waals surface area contributed by atoms with Crippen molar-refractivity contribution in [3.05, 3.63) is 41.3 Å². The van der Waals surface area contributed by atoms with E-state index in [4.69, 9.17) is 0 Å². The van der Waals surface area contributed by atoms with Crippen LogP contribution in [0.2, 0.25) is 0 Å². The predicted molar refractivity (Wildman–Crippen MR) is 76.8 cm³/mol. The van der Waals surface area contributed by atoms with Crippen LogP contribution in [0, 0.1) is 0 Å². The van der Waals surface area contributed by atoms with Crippen molar-refractivity contribution in [3.63, 3.8) is 0 Å². The number of anilines is 1. The quantitative estimate of drug-likeness (QED) is 0.855. The Kier molecular flexibility index (Phi) is 3.29. The molecule has 1 aliphatic rings. The molecule has 1 aromatic heterocycles. The number of amides is 1. The van der Waals surface area contributed by atoms with Gasteiger partial charge in [-0.05, 0) is 34.5 Å². The van der Waals surface area contributed by atoms with Crippen LogP contribution < -0.4 is 4.90 Å². The van der Waals surface area contributed by atoms with Crippen LogP contribution in [0.1, 0.15) is 12.8 Å². The molecule has 0 spiro atoms. The van der Waals surface area contributed by atoms with Gasteiger partial charge in [-0.15, -0.1) is 0 Å². The highest BCUT2D eigenvalue weighted by Crippen LogP contribution is 2.24. The number of rotatable bonds is 2. The molecule has 1 aromatic carbocycles. The van der Waals surface area contributed by atoms with Crippen molar-refractivity contribution in [1.82, 2.24) is 9.97 Å². The molecule has 2 heterocycles. The predicted octanol–water partition coefficient (Wildman–Crippen LogP) is 3.03. The van der Waals surface area contributed by atoms with Gasteiger partial charge in [0.05, 0.1) is 18.1 Å². The van der Waals surface area contributed by atoms with Crippen LogP contribution in [-0.4, -0.2) is 22.4 Å². The van der Waals surface area contributed by atoms with Crippen LogP contribution in [0.3, 0.4) is 0 Å². The molecular weight excluding hydrogens is 306 g/mol. The molecule has 1 saturated heterocycles. The van der Waals surface area contributed by atoms with E-state index in [9.17, 15) is 4.79 Å². The Hall–Kier alpha value is -1.75. The molecule has 0 aliphatic carbocycles. The normalized spacial score (nSPS) is 15.0. The van der Waals surface area contributed by atoms with E-state index in [1.54, 1.807) is 12.4 Å². The molecule has 4 nitrogen and oxygen atoms in total. The van der Waals surface area contributed by atoms with E-state index in [1.165, 1.54) is 0 Å². The minimum atomic E-state index is 0.205. The van der Waals surface area contributed by atoms with Gasteiger partial charge in [0.1, 0.15) is 4.60 Å². The summed E-state index contributed by atoms with van der Waals surface area (Å²) in [5.74, 6) is 0.205. The number of hydrogen-bond acceptors (Lipinski definition) is 3. The third kappa shape index (κ3) is 2.51. The fourth-order valence-corrected chi connectivity index (χ4v) is 2.40. The monoisotopic (exact) mass is 317 g/mol. The molecule has 1 fully saturated rings. The van der Waals surface area contributed by atoms with E-state index < -0.39 is 0 Å². The van der Waals surface area contributed by atoms with Crippen LogP contribution >= 0.6 is 15.9 Å². The van der Waals surface area contributed by atoms with Gasteiger partial charge < -0.3 is 4.90 Å². The van der Waals surface area contributed by atoms with Gasteiger partial charge in [0.25, 0.3) is 0 Å². The second-order valence-corrected chi connectivity index (χ2v) is 5.23. The Bertz CT molecular complexity index is 595. The summed E-state index contributed by atoms with van der Waals surface area (Å²) in [6, 6.07) is 7.86. The minimum absolute atomic E-state index is 0.205. The van der Waals surface area contributed by atoms with Crippen LogP contribution in [0.15, 0.2) is 41.3 Å². The molecule has 3 rings (SSSR count). The van der Waals surface area contributed by atoms with Crippen molar-refractivity contribution >= 4 is 27.5 Å². The van der Waals surface area contributed by atoms with Gasteiger partial charge in [-0.25, -0.2) is 4.98 Å². The maximum Gasteiger partial charge on any atom is 0.227 e. The molecule has 19 heavy (non-hydrogen) atoms. The lowest BCUT2D eigenvalue weighted by molar-refractivity contribution is -0.117. The summed E-state index contributed by atoms with van der Waals surface area (Å²) in [6.45, 7) is 0.816. The highest BCUT2D eigenvalue weighted by atomic mass is 79.9. The number of nitrogens with zero attached hydrogens (tertiary/aromatic N) is 3. The Morgan fingerprint density at radius 1 is 1.11 bits per heavy atom. The molecule has 1 aliphatic heterocycles. The molecule has 2 aromatic rings. The van der Waals surface area contributed by atoms with Gasteiger partial charge in [0, 0.05) is 24.2 Å². The van der Waals surface area contributed by atoms with Gasteiger partial charge in [-0.1, -0.05) is 12.1 Å². The van der Waals surface area contributed by atoms with Crippen LogP contribution in [0.4, 0.5) is 5.69 Å². The van der Waals surface area contributed by atoms with E-state index in [-0.39, 0.29) is 5.91 Å². The first-order valence-corrected chi connectivity index (χ1v) is 6.92. The number of carbonyl (C=O) groups excluding carboxylic acids is 1. The Morgan fingerprint density at radius 3 is 2.47 bits per heavy atom. The van der Waals surface area contributed by atoms with Crippen LogP contribution in [0.25, 0.3) is 11.3 Å². The Labute approximate surface area is 119 Å². The average molecular weight is 318 g/mol. The summed E-state index contributed by atoms with van der Waals surface area (Å²) in [7, 11) is 0. The number of aromatic nitrogens is 2. The number of halogens is 1. The highest BCUT2D eigenvalue weighted by Gasteiger charge is 2.21. The van der Waals surface area contributed by atoms with E-state index in [1.807, 2.05) is 29.2 Å². The summed E-state index contributed by atoms with van der Waals surface area (Å²) in [4.78, 5) is 22.0. The second kappa shape index (κ2) is 5.09. The zero-order valence-electron chi connectivity index (χ0n) is 10.2. The third-order valence-electron chi connectivity index (χ3n) is 3.17. The van der Waals surface area contributed by atoms with Crippen molar-refractivity contribution in [2.75, 3.05) is 11.4 Å². The Morgan fingerprint density at radius 2 is 1.89 bits per heavy atom. The minimum Gasteiger partial charge on any atom is -0.312 e. The standard InChI is InChI=1S/C14H12BrN3O/c15-13-9-16-12(8-17-13)10-3-5-11(6-4-10)18-7-1-2-14(18)19/h3-6,8-9H,1-2,7H2. The summed E-state index contributed by atoms with van der Waals surface area (Å²) >= 11 is 3.26. The van der Waals surface area contributed by atoms with Gasteiger partial charge in [-0.3, -0.25) is 9.78 Å². The summed E-state index contributed by atoms with van der Waals surface area (Å²) < 4.78 is 0.718. The van der Waals surface area contributed by atoms with Crippen molar-refractivity contribution in [3.8, 4) is 11.3 Å². The lowest BCUT2D eigenvalue weighted by Gasteiger charge is -2.15. The van der Waals surface area contributed by atoms with Crippen molar-refractivity contribution in [1.29, 1.82) is 0 Å². The second-order valence-electron chi connectivity index (χ2n) is 4.42. The molecule has 1 amide bonds. The van der Waals surface area contributed by atoms with E-state index >= 15 is 0 Å². The summed E-state index contributed by atoms with van der Waals surface area (Å²) in [6.07, 6.45) is 4.99. The molecule has 0 saturated carbocycles. The molecule has 0 unspecified atom stereocenters. The zero-order valence-corrected chi connectivity index (χ0v) is 11.8. The van der Waals surface area contributed by atoms with Crippen LogP contribution in [0.5, 0.6) is 0 Å². The molecule has 96 valence electrons. The first kappa shape index (κ1) is 12.3. The topological polar surface area (TPSA) is 46.1 Å². The van der Waals surface area contributed by atoms with Gasteiger partial charge in [-0.2, -0.15) is 0 Å². The summed E-state index contributed by atoms with van der Waals surface area (Å²) in [5, 5.41) is 0. The maximum absolute atomic E-state index is 11.7. The number of benzene rings is 1. The lowest BCUT2D eigenvalue weighted by atomic mass is 10.1. The van der Waals surface area contributed by atoms with Crippen molar-refractivity contribution in [2.24, 2.45) is 0 Å². The first-order chi connectivity index (χ1) is 9.24.